The lowest BCUT2D eigenvalue weighted by atomic mass is 10.0. The van der Waals surface area contributed by atoms with Crippen LogP contribution in [0.5, 0.6) is 0 Å². The van der Waals surface area contributed by atoms with Crippen LogP contribution < -0.4 is 0 Å². The predicted molar refractivity (Wildman–Crippen MR) is 99.4 cm³/mol. The minimum atomic E-state index is -0.819. The molecule has 2 aromatic rings. The van der Waals surface area contributed by atoms with Crippen molar-refractivity contribution in [3.05, 3.63) is 71.3 Å². The van der Waals surface area contributed by atoms with Crippen LogP contribution >= 0.6 is 0 Å². The molecule has 0 amide bonds. The molecule has 0 aliphatic heterocycles. The van der Waals surface area contributed by atoms with E-state index < -0.39 is 14.1 Å². The van der Waals surface area contributed by atoms with Crippen LogP contribution in [0.15, 0.2) is 54.6 Å². The summed E-state index contributed by atoms with van der Waals surface area (Å²) in [6, 6.07) is 20.1. The van der Waals surface area contributed by atoms with Gasteiger partial charge in [0.05, 0.1) is 0 Å². The quantitative estimate of drug-likeness (QED) is 0.559. The molecule has 1 heteroatoms. The third-order valence-electron chi connectivity index (χ3n) is 4.87. The van der Waals surface area contributed by atoms with E-state index in [9.17, 15) is 0 Å². The van der Waals surface area contributed by atoms with Crippen molar-refractivity contribution in [1.29, 1.82) is 0 Å². The van der Waals surface area contributed by atoms with Gasteiger partial charge in [-0.15, -0.1) is 0 Å². The number of hydrogen-bond acceptors (Lipinski definition) is 0. The van der Waals surface area contributed by atoms with Gasteiger partial charge in [-0.05, 0) is 27.0 Å². The second-order valence-electron chi connectivity index (χ2n) is 6.41. The molecule has 0 saturated heterocycles. The summed E-state index contributed by atoms with van der Waals surface area (Å²) in [5.41, 5.74) is 6.06. The third-order valence-corrected chi connectivity index (χ3v) is 9.17. The average molecular weight is 304 g/mol. The second-order valence-corrected chi connectivity index (χ2v) is 9.75. The molecule has 0 heterocycles. The van der Waals surface area contributed by atoms with Gasteiger partial charge in [-0.25, -0.2) is 0 Å². The van der Waals surface area contributed by atoms with E-state index in [1.54, 1.807) is 11.1 Å². The van der Waals surface area contributed by atoms with Gasteiger partial charge in [0.15, 0.2) is 0 Å². The molecule has 1 unspecified atom stereocenters. The van der Waals surface area contributed by atoms with Gasteiger partial charge >= 0.3 is 0 Å². The van der Waals surface area contributed by atoms with E-state index >= 15 is 0 Å². The van der Waals surface area contributed by atoms with Crippen LogP contribution in [0.4, 0.5) is 0 Å². The molecule has 0 N–H and O–H groups in total. The minimum absolute atomic E-state index is 0.707. The zero-order valence-electron chi connectivity index (χ0n) is 13.8. The Hall–Kier alpha value is -1.29. The number of fused-ring (bicyclic) bond motifs is 1. The first kappa shape index (κ1) is 15.6. The summed E-state index contributed by atoms with van der Waals surface area (Å²) in [7, 11) is 0. The molecule has 0 fully saturated rings. The molecule has 112 valence electrons. The Kier molecular flexibility index (Phi) is 5.19. The lowest BCUT2D eigenvalue weighted by Gasteiger charge is -2.23. The van der Waals surface area contributed by atoms with Crippen LogP contribution in [0.2, 0.25) is 10.6 Å². The fourth-order valence-electron chi connectivity index (χ4n) is 3.97. The first-order valence-corrected chi connectivity index (χ1v) is 11.0. The van der Waals surface area contributed by atoms with Crippen molar-refractivity contribution in [3.63, 3.8) is 0 Å². The van der Waals surface area contributed by atoms with Crippen molar-refractivity contribution in [2.75, 3.05) is 0 Å². The van der Waals surface area contributed by atoms with Crippen LogP contribution in [0, 0.1) is 0 Å². The van der Waals surface area contributed by atoms with Crippen LogP contribution in [-0.4, -0.2) is 14.1 Å². The largest absolute Gasteiger partial charge is 0.278 e. The lowest BCUT2D eigenvalue weighted by Crippen LogP contribution is -2.23. The van der Waals surface area contributed by atoms with Crippen molar-refractivity contribution in [1.82, 2.24) is 0 Å². The van der Waals surface area contributed by atoms with Gasteiger partial charge in [0.2, 0.25) is 0 Å². The fourth-order valence-corrected chi connectivity index (χ4v) is 8.02. The molecule has 0 bridgehead atoms. The van der Waals surface area contributed by atoms with Gasteiger partial charge in [0, 0.05) is 0 Å². The first-order chi connectivity index (χ1) is 10.8. The Morgan fingerprint density at radius 3 is 2.14 bits per heavy atom. The van der Waals surface area contributed by atoms with E-state index in [0.29, 0.717) is 4.78 Å². The van der Waals surface area contributed by atoms with Gasteiger partial charge in [0.25, 0.3) is 14.1 Å². The molecule has 0 radical (unpaired) electrons. The molecule has 3 rings (SSSR count). The number of allylic oxidation sites excluding steroid dienone is 1. The maximum absolute atomic E-state index is 2.46. The SMILES string of the molecule is CC[CH2][Al]([CH2]CC)[CH]1C(c2ccccc2)=Cc2ccccc21. The van der Waals surface area contributed by atoms with Crippen LogP contribution in [0.3, 0.4) is 0 Å². The van der Waals surface area contributed by atoms with Gasteiger partial charge in [-0.3, -0.25) is 0 Å². The molecular formula is C21H25Al. The summed E-state index contributed by atoms with van der Waals surface area (Å²) < 4.78 is 0.707. The summed E-state index contributed by atoms with van der Waals surface area (Å²) in [5.74, 6) is 0. The Balaban J connectivity index is 2.04. The van der Waals surface area contributed by atoms with E-state index in [-0.39, 0.29) is 0 Å². The minimum Gasteiger partial charge on any atom is -0.0935 e. The maximum atomic E-state index is 2.46. The van der Waals surface area contributed by atoms with Crippen molar-refractivity contribution in [3.8, 4) is 0 Å². The third kappa shape index (κ3) is 3.07. The molecule has 1 aliphatic rings. The zero-order valence-corrected chi connectivity index (χ0v) is 14.9. The van der Waals surface area contributed by atoms with E-state index in [2.05, 4.69) is 74.5 Å². The highest BCUT2D eigenvalue weighted by Crippen LogP contribution is 2.45. The summed E-state index contributed by atoms with van der Waals surface area (Å²) in [5, 5.41) is 2.91. The highest BCUT2D eigenvalue weighted by atomic mass is 27.2. The number of rotatable bonds is 6. The van der Waals surface area contributed by atoms with E-state index in [1.807, 2.05) is 0 Å². The molecule has 22 heavy (non-hydrogen) atoms. The van der Waals surface area contributed by atoms with E-state index in [0.717, 1.165) is 0 Å². The van der Waals surface area contributed by atoms with Crippen LogP contribution in [0.1, 0.15) is 48.2 Å². The second kappa shape index (κ2) is 7.32. The molecule has 0 spiro atoms. The molecule has 1 atom stereocenters. The normalized spacial score (nSPS) is 16.3. The van der Waals surface area contributed by atoms with E-state index in [1.165, 1.54) is 34.5 Å². The summed E-state index contributed by atoms with van der Waals surface area (Å²) in [6.45, 7) is 4.70. The molecule has 0 aromatic heterocycles. The summed E-state index contributed by atoms with van der Waals surface area (Å²) in [4.78, 5) is 0. The standard InChI is InChI=1S/C15H11.2C3H7.Al/c1-2-6-12(7-3-1)15-10-13-8-4-5-9-14(13)11-15;2*1-3-2;/h1-11H;2*1,3H2,2H3;. The molecular weight excluding hydrogens is 279 g/mol. The summed E-state index contributed by atoms with van der Waals surface area (Å²) in [6.07, 6.45) is 5.12. The average Bonchev–Trinajstić information content (AvgIpc) is 2.95. The van der Waals surface area contributed by atoms with E-state index in [4.69, 9.17) is 0 Å². The summed E-state index contributed by atoms with van der Waals surface area (Å²) >= 11 is -0.819. The highest BCUT2D eigenvalue weighted by Gasteiger charge is 2.35. The van der Waals surface area contributed by atoms with Crippen LogP contribution in [0.25, 0.3) is 11.6 Å². The highest BCUT2D eigenvalue weighted by molar-refractivity contribution is 6.63. The van der Waals surface area contributed by atoms with Gasteiger partial charge < -0.3 is 0 Å². The van der Waals surface area contributed by atoms with Crippen molar-refractivity contribution >= 4 is 25.8 Å². The Labute approximate surface area is 139 Å². The molecule has 0 nitrogen and oxygen atoms in total. The van der Waals surface area contributed by atoms with Gasteiger partial charge in [-0.1, -0.05) is 97.9 Å². The van der Waals surface area contributed by atoms with Gasteiger partial charge in [-0.2, -0.15) is 0 Å². The van der Waals surface area contributed by atoms with Gasteiger partial charge in [0.1, 0.15) is 0 Å². The lowest BCUT2D eigenvalue weighted by molar-refractivity contribution is 0.971. The predicted octanol–water partition coefficient (Wildman–Crippen LogP) is 6.18. The first-order valence-electron chi connectivity index (χ1n) is 8.71. The Morgan fingerprint density at radius 1 is 0.818 bits per heavy atom. The number of benzene rings is 2. The van der Waals surface area contributed by atoms with Crippen molar-refractivity contribution in [2.24, 2.45) is 0 Å². The smallest absolute Gasteiger partial charge is 0.0935 e. The molecule has 0 saturated carbocycles. The van der Waals surface area contributed by atoms with Crippen molar-refractivity contribution in [2.45, 2.75) is 42.0 Å². The monoisotopic (exact) mass is 304 g/mol. The number of hydrogen-bond donors (Lipinski definition) is 0. The van der Waals surface area contributed by atoms with Crippen molar-refractivity contribution < 1.29 is 0 Å². The topological polar surface area (TPSA) is 0 Å². The van der Waals surface area contributed by atoms with Crippen LogP contribution in [-0.2, 0) is 0 Å². The fraction of sp³-hybridized carbons (Fsp3) is 0.333. The molecule has 2 aromatic carbocycles. The Morgan fingerprint density at radius 2 is 1.45 bits per heavy atom. The Bertz CT molecular complexity index is 636. The molecule has 1 aliphatic carbocycles. The zero-order chi connectivity index (χ0) is 15.4. The maximum Gasteiger partial charge on any atom is 0.278 e.